The number of carbonyl (C=O) groups is 1. The second-order valence-electron chi connectivity index (χ2n) is 11.6. The summed E-state index contributed by atoms with van der Waals surface area (Å²) in [5.74, 6) is 1.51. The van der Waals surface area contributed by atoms with Gasteiger partial charge in [-0.2, -0.15) is 0 Å². The van der Waals surface area contributed by atoms with Crippen molar-refractivity contribution in [1.82, 2.24) is 9.55 Å². The van der Waals surface area contributed by atoms with Gasteiger partial charge in [0.05, 0.1) is 20.1 Å². The molecule has 0 spiro atoms. The number of fused-ring (bicyclic) bond motifs is 1. The summed E-state index contributed by atoms with van der Waals surface area (Å²) in [6, 6.07) is 16.4. The predicted octanol–water partition coefficient (Wildman–Crippen LogP) is 7.07. The van der Waals surface area contributed by atoms with Crippen LogP contribution in [0.3, 0.4) is 0 Å². The first-order chi connectivity index (χ1) is 20.0. The normalized spacial score (nSPS) is 12.5. The van der Waals surface area contributed by atoms with Crippen molar-refractivity contribution in [3.8, 4) is 22.6 Å². The molecule has 2 heterocycles. The zero-order valence-corrected chi connectivity index (χ0v) is 26.5. The summed E-state index contributed by atoms with van der Waals surface area (Å²) in [6.07, 6.45) is 4.72. The molecule has 1 atom stereocenters. The summed E-state index contributed by atoms with van der Waals surface area (Å²) in [5, 5.41) is 1.15. The third kappa shape index (κ3) is 7.59. The molecule has 7 nitrogen and oxygen atoms in total. The third-order valence-electron chi connectivity index (χ3n) is 7.12. The Bertz CT molecular complexity index is 1570. The molecule has 224 valence electrons. The van der Waals surface area contributed by atoms with Gasteiger partial charge in [0, 0.05) is 74.4 Å². The van der Waals surface area contributed by atoms with E-state index < -0.39 is 10.8 Å². The largest absolute Gasteiger partial charge is 0.497 e. The van der Waals surface area contributed by atoms with E-state index in [9.17, 15) is 9.00 Å². The number of benzene rings is 2. The Morgan fingerprint density at radius 2 is 1.86 bits per heavy atom. The smallest absolute Gasteiger partial charge is 0.310 e. The van der Waals surface area contributed by atoms with Crippen molar-refractivity contribution < 1.29 is 23.2 Å². The van der Waals surface area contributed by atoms with Crippen LogP contribution < -0.4 is 9.47 Å². The first-order valence-electron chi connectivity index (χ1n) is 14.4. The van der Waals surface area contributed by atoms with Crippen molar-refractivity contribution in [2.24, 2.45) is 0 Å². The maximum Gasteiger partial charge on any atom is 0.310 e. The highest BCUT2D eigenvalue weighted by Gasteiger charge is 2.20. The van der Waals surface area contributed by atoms with Gasteiger partial charge in [0.2, 0.25) is 0 Å². The van der Waals surface area contributed by atoms with E-state index >= 15 is 0 Å². The van der Waals surface area contributed by atoms with Crippen LogP contribution >= 0.6 is 0 Å². The molecule has 0 saturated carbocycles. The molecule has 0 aliphatic carbocycles. The van der Waals surface area contributed by atoms with E-state index in [0.717, 1.165) is 38.9 Å². The standard InChI is InChI=1S/C34H42N2O5S/c1-8-40-33(37)20-26-9-10-28(39-7)21-32(26)41-22-24-17-30(29-12-15-36(23(2)3)31(29)18-24)25-11-14-35-27(19-25)13-16-42(38)34(4,5)6/h9-12,14-15,17-19,21,23H,8,13,16,20,22H2,1-7H3/t42-/m0/s1. The molecule has 0 radical (unpaired) electrons. The highest BCUT2D eigenvalue weighted by atomic mass is 32.2. The Labute approximate surface area is 251 Å². The van der Waals surface area contributed by atoms with E-state index in [0.29, 0.717) is 36.9 Å². The fraction of sp³-hybridized carbons (Fsp3) is 0.412. The summed E-state index contributed by atoms with van der Waals surface area (Å²) >= 11 is 0. The van der Waals surface area contributed by atoms with Crippen LogP contribution in [0.25, 0.3) is 22.0 Å². The van der Waals surface area contributed by atoms with E-state index in [1.165, 1.54) is 0 Å². The molecular weight excluding hydrogens is 548 g/mol. The van der Waals surface area contributed by atoms with Crippen molar-refractivity contribution in [2.45, 2.75) is 71.8 Å². The molecule has 2 aromatic carbocycles. The molecule has 0 bridgehead atoms. The van der Waals surface area contributed by atoms with Gasteiger partial charge >= 0.3 is 5.97 Å². The number of hydrogen-bond acceptors (Lipinski definition) is 6. The zero-order valence-electron chi connectivity index (χ0n) is 25.7. The predicted molar refractivity (Wildman–Crippen MR) is 170 cm³/mol. The lowest BCUT2D eigenvalue weighted by molar-refractivity contribution is -0.142. The fourth-order valence-electron chi connectivity index (χ4n) is 4.85. The monoisotopic (exact) mass is 590 g/mol. The number of pyridine rings is 1. The van der Waals surface area contributed by atoms with Crippen LogP contribution in [0.5, 0.6) is 11.5 Å². The van der Waals surface area contributed by atoms with Crippen LogP contribution in [-0.4, -0.2) is 43.9 Å². The first kappa shape index (κ1) is 31.3. The number of hydrogen-bond donors (Lipinski definition) is 0. The van der Waals surface area contributed by atoms with Crippen molar-refractivity contribution in [3.63, 3.8) is 0 Å². The second kappa shape index (κ2) is 13.6. The average molecular weight is 591 g/mol. The van der Waals surface area contributed by atoms with Crippen LogP contribution in [0, 0.1) is 0 Å². The van der Waals surface area contributed by atoms with Gasteiger partial charge in [0.1, 0.15) is 18.1 Å². The van der Waals surface area contributed by atoms with Gasteiger partial charge in [-0.15, -0.1) is 0 Å². The minimum atomic E-state index is -0.945. The quantitative estimate of drug-likeness (QED) is 0.164. The summed E-state index contributed by atoms with van der Waals surface area (Å²) in [5.41, 5.74) is 5.92. The molecule has 2 aromatic heterocycles. The van der Waals surface area contributed by atoms with E-state index in [4.69, 9.17) is 14.2 Å². The molecule has 4 aromatic rings. The van der Waals surface area contributed by atoms with Crippen LogP contribution in [0.15, 0.2) is 60.9 Å². The maximum absolute atomic E-state index is 12.7. The van der Waals surface area contributed by atoms with E-state index in [2.05, 4.69) is 53.9 Å². The van der Waals surface area contributed by atoms with Gasteiger partial charge in [-0.05, 0) is 94.6 Å². The molecule has 0 aliphatic heterocycles. The topological polar surface area (TPSA) is 79.7 Å². The Kier molecular flexibility index (Phi) is 10.1. The summed E-state index contributed by atoms with van der Waals surface area (Å²) in [4.78, 5) is 16.8. The van der Waals surface area contributed by atoms with Crippen LogP contribution in [0.2, 0.25) is 0 Å². The molecular formula is C34H42N2O5S. The molecule has 0 fully saturated rings. The van der Waals surface area contributed by atoms with Gasteiger partial charge in [0.25, 0.3) is 0 Å². The number of ether oxygens (including phenoxy) is 3. The Morgan fingerprint density at radius 3 is 2.55 bits per heavy atom. The molecule has 0 unspecified atom stereocenters. The van der Waals surface area contributed by atoms with Crippen molar-refractivity contribution in [2.75, 3.05) is 19.5 Å². The van der Waals surface area contributed by atoms with Gasteiger partial charge in [-0.25, -0.2) is 0 Å². The van der Waals surface area contributed by atoms with Gasteiger partial charge in [0.15, 0.2) is 0 Å². The van der Waals surface area contributed by atoms with Crippen molar-refractivity contribution >= 4 is 27.7 Å². The highest BCUT2D eigenvalue weighted by molar-refractivity contribution is 7.86. The zero-order chi connectivity index (χ0) is 30.4. The first-order valence-corrected chi connectivity index (χ1v) is 15.7. The van der Waals surface area contributed by atoms with Gasteiger partial charge in [-0.3, -0.25) is 14.0 Å². The minimum Gasteiger partial charge on any atom is -0.497 e. The molecule has 0 N–H and O–H groups in total. The second-order valence-corrected chi connectivity index (χ2v) is 13.9. The Hall–Kier alpha value is -3.65. The number of aryl methyl sites for hydroxylation is 1. The van der Waals surface area contributed by atoms with E-state index in [1.807, 2.05) is 51.2 Å². The number of aromatic nitrogens is 2. The number of nitrogens with zero attached hydrogens (tertiary/aromatic N) is 2. The fourth-order valence-corrected chi connectivity index (χ4v) is 5.86. The third-order valence-corrected chi connectivity index (χ3v) is 9.06. The summed E-state index contributed by atoms with van der Waals surface area (Å²) < 4.78 is 31.6. The number of rotatable bonds is 12. The lowest BCUT2D eigenvalue weighted by Crippen LogP contribution is -2.25. The number of carbonyl (C=O) groups excluding carboxylic acids is 1. The Morgan fingerprint density at radius 1 is 1.07 bits per heavy atom. The SMILES string of the molecule is CCOC(=O)Cc1ccc(OC)cc1OCc1cc(-c2ccnc(CC[S@](=O)C(C)(C)C)c2)c2ccn(C(C)C)c2c1. The highest BCUT2D eigenvalue weighted by Crippen LogP contribution is 2.34. The van der Waals surface area contributed by atoms with Gasteiger partial charge < -0.3 is 18.8 Å². The van der Waals surface area contributed by atoms with E-state index in [1.54, 1.807) is 14.0 Å². The molecule has 0 saturated heterocycles. The van der Waals surface area contributed by atoms with Gasteiger partial charge in [-0.1, -0.05) is 6.07 Å². The minimum absolute atomic E-state index is 0.118. The number of esters is 1. The molecule has 0 amide bonds. The molecule has 4 rings (SSSR count). The van der Waals surface area contributed by atoms with E-state index in [-0.39, 0.29) is 23.2 Å². The summed E-state index contributed by atoms with van der Waals surface area (Å²) in [7, 11) is 0.660. The molecule has 8 heteroatoms. The number of methoxy groups -OCH3 is 1. The van der Waals surface area contributed by atoms with Crippen molar-refractivity contribution in [3.05, 3.63) is 77.7 Å². The lowest BCUT2D eigenvalue weighted by Gasteiger charge is -2.17. The molecule has 0 aliphatic rings. The molecule has 42 heavy (non-hydrogen) atoms. The van der Waals surface area contributed by atoms with Crippen LogP contribution in [-0.2, 0) is 39.8 Å². The van der Waals surface area contributed by atoms with Crippen LogP contribution in [0.4, 0.5) is 0 Å². The maximum atomic E-state index is 12.7. The van der Waals surface area contributed by atoms with Crippen LogP contribution in [0.1, 0.15) is 64.4 Å². The lowest BCUT2D eigenvalue weighted by atomic mass is 9.99. The summed E-state index contributed by atoms with van der Waals surface area (Å²) in [6.45, 7) is 12.8. The Balaban J connectivity index is 1.69. The average Bonchev–Trinajstić information content (AvgIpc) is 3.39. The van der Waals surface area contributed by atoms with Crippen molar-refractivity contribution in [1.29, 1.82) is 0 Å².